The molecule has 8 heteroatoms. The second-order valence-corrected chi connectivity index (χ2v) is 8.17. The van der Waals surface area contributed by atoms with Crippen LogP contribution in [-0.2, 0) is 4.79 Å². The lowest BCUT2D eigenvalue weighted by Crippen LogP contribution is -2.38. The molecule has 142 valence electrons. The van der Waals surface area contributed by atoms with Crippen LogP contribution in [0.4, 0.5) is 5.95 Å². The van der Waals surface area contributed by atoms with E-state index in [1.165, 1.54) is 4.88 Å². The Balaban J connectivity index is 1.66. The first-order valence-electron chi connectivity index (χ1n) is 9.44. The van der Waals surface area contributed by atoms with Gasteiger partial charge in [-0.3, -0.25) is 4.79 Å². The highest BCUT2D eigenvalue weighted by molar-refractivity contribution is 7.10. The average molecular weight is 392 g/mol. The fourth-order valence-electron chi connectivity index (χ4n) is 3.57. The summed E-state index contributed by atoms with van der Waals surface area (Å²) in [6.07, 6.45) is 2.76. The van der Waals surface area contributed by atoms with Gasteiger partial charge in [-0.1, -0.05) is 12.1 Å². The molecule has 0 radical (unpaired) electrons. The molecule has 28 heavy (non-hydrogen) atoms. The summed E-state index contributed by atoms with van der Waals surface area (Å²) in [4.78, 5) is 23.2. The van der Waals surface area contributed by atoms with Crippen molar-refractivity contribution in [1.82, 2.24) is 24.9 Å². The Morgan fingerprint density at radius 2 is 2.14 bits per heavy atom. The van der Waals surface area contributed by atoms with Crippen molar-refractivity contribution < 1.29 is 4.79 Å². The van der Waals surface area contributed by atoms with Crippen LogP contribution < -0.4 is 10.6 Å². The fourth-order valence-corrected chi connectivity index (χ4v) is 4.25. The molecule has 2 N–H and O–H groups in total. The molecule has 1 saturated heterocycles. The minimum absolute atomic E-state index is 0.00871. The molecule has 0 aliphatic carbocycles. The first-order chi connectivity index (χ1) is 13.7. The SMILES string of the molecule is Cc1cc(-c2nc3c4ccccc4nc(N[C@@H]4CCCCNC4=O)n3n2)cs1. The van der Waals surface area contributed by atoms with E-state index in [0.717, 1.165) is 47.9 Å². The van der Waals surface area contributed by atoms with Gasteiger partial charge in [-0.2, -0.15) is 4.52 Å². The lowest BCUT2D eigenvalue weighted by Gasteiger charge is -2.16. The molecule has 5 rings (SSSR count). The number of carbonyl (C=O) groups excluding carboxylic acids is 1. The molecule has 1 aromatic carbocycles. The van der Waals surface area contributed by atoms with Crippen molar-refractivity contribution in [3.63, 3.8) is 0 Å². The molecule has 1 aliphatic rings. The summed E-state index contributed by atoms with van der Waals surface area (Å²) < 4.78 is 1.73. The molecule has 0 saturated carbocycles. The number of rotatable bonds is 3. The van der Waals surface area contributed by atoms with Gasteiger partial charge < -0.3 is 10.6 Å². The maximum atomic E-state index is 12.4. The number of aryl methyl sites for hydroxylation is 1. The van der Waals surface area contributed by atoms with Crippen LogP contribution in [-0.4, -0.2) is 38.1 Å². The number of nitrogens with one attached hydrogen (secondary N) is 2. The van der Waals surface area contributed by atoms with E-state index in [9.17, 15) is 4.79 Å². The van der Waals surface area contributed by atoms with E-state index in [-0.39, 0.29) is 11.9 Å². The monoisotopic (exact) mass is 392 g/mol. The van der Waals surface area contributed by atoms with Gasteiger partial charge in [-0.05, 0) is 44.4 Å². The summed E-state index contributed by atoms with van der Waals surface area (Å²) in [6, 6.07) is 9.64. The number of anilines is 1. The number of carbonyl (C=O) groups is 1. The highest BCUT2D eigenvalue weighted by atomic mass is 32.1. The summed E-state index contributed by atoms with van der Waals surface area (Å²) in [5, 5.41) is 14.0. The second-order valence-electron chi connectivity index (χ2n) is 7.05. The Hall–Kier alpha value is -3.00. The molecular formula is C20H20N6OS. The van der Waals surface area contributed by atoms with E-state index in [0.29, 0.717) is 11.8 Å². The van der Waals surface area contributed by atoms with Gasteiger partial charge in [0.15, 0.2) is 11.5 Å². The number of thiophene rings is 1. The number of hydrogen-bond acceptors (Lipinski definition) is 6. The van der Waals surface area contributed by atoms with Crippen molar-refractivity contribution in [3.8, 4) is 11.4 Å². The fraction of sp³-hybridized carbons (Fsp3) is 0.300. The van der Waals surface area contributed by atoms with Gasteiger partial charge in [-0.25, -0.2) is 9.97 Å². The molecule has 0 bridgehead atoms. The van der Waals surface area contributed by atoms with Crippen molar-refractivity contribution >= 4 is 39.7 Å². The van der Waals surface area contributed by atoms with E-state index >= 15 is 0 Å². The molecule has 0 unspecified atom stereocenters. The van der Waals surface area contributed by atoms with Crippen LogP contribution in [0.2, 0.25) is 0 Å². The summed E-state index contributed by atoms with van der Waals surface area (Å²) in [6.45, 7) is 2.79. The van der Waals surface area contributed by atoms with Crippen molar-refractivity contribution in [2.75, 3.05) is 11.9 Å². The van der Waals surface area contributed by atoms with Gasteiger partial charge in [0.1, 0.15) is 6.04 Å². The van der Waals surface area contributed by atoms with Crippen molar-refractivity contribution in [1.29, 1.82) is 0 Å². The Labute approximate surface area is 165 Å². The molecule has 1 atom stereocenters. The maximum absolute atomic E-state index is 12.4. The van der Waals surface area contributed by atoms with E-state index < -0.39 is 0 Å². The standard InChI is InChI=1S/C20H20N6OS/c1-12-10-13(11-28-12)17-24-18-14-6-2-3-7-15(14)22-20(26(18)25-17)23-16-8-4-5-9-21-19(16)27/h2-3,6-7,10-11,16H,4-5,8-9H2,1H3,(H,21,27)(H,22,23)/t16-/m1/s1. The smallest absolute Gasteiger partial charge is 0.242 e. The lowest BCUT2D eigenvalue weighted by atomic mass is 10.1. The second kappa shape index (κ2) is 6.87. The van der Waals surface area contributed by atoms with Crippen LogP contribution >= 0.6 is 11.3 Å². The first kappa shape index (κ1) is 17.1. The third-order valence-electron chi connectivity index (χ3n) is 5.01. The van der Waals surface area contributed by atoms with Crippen LogP contribution in [0.15, 0.2) is 35.7 Å². The normalized spacial score (nSPS) is 17.6. The topological polar surface area (TPSA) is 84.2 Å². The zero-order valence-electron chi connectivity index (χ0n) is 15.5. The van der Waals surface area contributed by atoms with E-state index in [1.807, 2.05) is 24.3 Å². The van der Waals surface area contributed by atoms with Crippen molar-refractivity contribution in [3.05, 3.63) is 40.6 Å². The van der Waals surface area contributed by atoms with Crippen LogP contribution in [0.25, 0.3) is 27.9 Å². The Bertz CT molecular complexity index is 1180. The number of aromatic nitrogens is 4. The zero-order valence-corrected chi connectivity index (χ0v) is 16.3. The van der Waals surface area contributed by atoms with Crippen LogP contribution in [0.3, 0.4) is 0 Å². The molecule has 7 nitrogen and oxygen atoms in total. The summed E-state index contributed by atoms with van der Waals surface area (Å²) in [5.41, 5.74) is 2.56. The van der Waals surface area contributed by atoms with Crippen molar-refractivity contribution in [2.45, 2.75) is 32.2 Å². The van der Waals surface area contributed by atoms with Crippen LogP contribution in [0.5, 0.6) is 0 Å². The van der Waals surface area contributed by atoms with E-state index in [1.54, 1.807) is 15.9 Å². The van der Waals surface area contributed by atoms with Crippen molar-refractivity contribution in [2.24, 2.45) is 0 Å². The predicted molar refractivity (Wildman–Crippen MR) is 111 cm³/mol. The van der Waals surface area contributed by atoms with Crippen LogP contribution in [0, 0.1) is 6.92 Å². The van der Waals surface area contributed by atoms with Gasteiger partial charge in [0, 0.05) is 27.8 Å². The Morgan fingerprint density at radius 3 is 3.00 bits per heavy atom. The minimum Gasteiger partial charge on any atom is -0.354 e. The van der Waals surface area contributed by atoms with Gasteiger partial charge in [0.25, 0.3) is 0 Å². The zero-order chi connectivity index (χ0) is 19.1. The highest BCUT2D eigenvalue weighted by Crippen LogP contribution is 2.27. The van der Waals surface area contributed by atoms with Gasteiger partial charge in [0.05, 0.1) is 5.52 Å². The third-order valence-corrected chi connectivity index (χ3v) is 5.87. The van der Waals surface area contributed by atoms with E-state index in [4.69, 9.17) is 15.1 Å². The van der Waals surface area contributed by atoms with Gasteiger partial charge in [0.2, 0.25) is 11.9 Å². The number of hydrogen-bond donors (Lipinski definition) is 2. The number of benzene rings is 1. The molecule has 4 aromatic rings. The largest absolute Gasteiger partial charge is 0.354 e. The number of amides is 1. The summed E-state index contributed by atoms with van der Waals surface area (Å²) in [5.74, 6) is 1.21. The van der Waals surface area contributed by atoms with Gasteiger partial charge in [-0.15, -0.1) is 16.4 Å². The molecular weight excluding hydrogens is 372 g/mol. The molecule has 1 fully saturated rings. The number of nitrogens with zero attached hydrogens (tertiary/aromatic N) is 4. The summed E-state index contributed by atoms with van der Waals surface area (Å²) in [7, 11) is 0. The quantitative estimate of drug-likeness (QED) is 0.558. The van der Waals surface area contributed by atoms with E-state index in [2.05, 4.69) is 29.0 Å². The Kier molecular flexibility index (Phi) is 4.20. The molecule has 1 aliphatic heterocycles. The molecule has 1 amide bonds. The lowest BCUT2D eigenvalue weighted by molar-refractivity contribution is -0.121. The predicted octanol–water partition coefficient (Wildman–Crippen LogP) is 3.40. The highest BCUT2D eigenvalue weighted by Gasteiger charge is 2.23. The third kappa shape index (κ3) is 2.99. The molecule has 3 aromatic heterocycles. The average Bonchev–Trinajstić information content (AvgIpc) is 3.28. The summed E-state index contributed by atoms with van der Waals surface area (Å²) >= 11 is 1.67. The minimum atomic E-state index is -0.324. The van der Waals surface area contributed by atoms with Crippen LogP contribution in [0.1, 0.15) is 24.1 Å². The first-order valence-corrected chi connectivity index (χ1v) is 10.3. The maximum Gasteiger partial charge on any atom is 0.242 e. The van der Waals surface area contributed by atoms with Gasteiger partial charge >= 0.3 is 0 Å². The molecule has 0 spiro atoms. The molecule has 4 heterocycles. The Morgan fingerprint density at radius 1 is 1.25 bits per heavy atom. The number of para-hydroxylation sites is 1. The number of fused-ring (bicyclic) bond motifs is 3.